The number of hydrogen-bond donors (Lipinski definition) is 2. The van der Waals surface area contributed by atoms with Crippen LogP contribution < -0.4 is 9.47 Å². The van der Waals surface area contributed by atoms with Crippen molar-refractivity contribution in [1.29, 1.82) is 0 Å². The molecule has 57 heavy (non-hydrogen) atoms. The Balaban J connectivity index is 1.24. The van der Waals surface area contributed by atoms with Gasteiger partial charge in [0.2, 0.25) is 0 Å². The molecular formula is C46H60N2O9. The third-order valence-corrected chi connectivity index (χ3v) is 13.0. The number of carbonyl (C=O) groups is 3. The van der Waals surface area contributed by atoms with Crippen molar-refractivity contribution in [1.82, 2.24) is 9.80 Å². The summed E-state index contributed by atoms with van der Waals surface area (Å²) in [6, 6.07) is 0. The van der Waals surface area contributed by atoms with Gasteiger partial charge in [-0.05, 0) is 93.2 Å². The smallest absolute Gasteiger partial charge is 0.333 e. The minimum Gasteiger partial charge on any atom is -0.506 e. The van der Waals surface area contributed by atoms with E-state index >= 15 is 4.79 Å². The van der Waals surface area contributed by atoms with Gasteiger partial charge >= 0.3 is 5.97 Å². The van der Waals surface area contributed by atoms with Gasteiger partial charge in [-0.1, -0.05) is 35.5 Å². The number of Topliss-reactive ketones (excluding diaryl/α,β-unsaturated/α-hetero) is 2. The highest BCUT2D eigenvalue weighted by atomic mass is 16.6. The number of ether oxygens (including phenoxy) is 4. The van der Waals surface area contributed by atoms with Gasteiger partial charge in [0.05, 0.1) is 17.8 Å². The maximum absolute atomic E-state index is 15.0. The van der Waals surface area contributed by atoms with Gasteiger partial charge in [-0.3, -0.25) is 19.4 Å². The van der Waals surface area contributed by atoms with E-state index < -0.39 is 34.3 Å². The monoisotopic (exact) mass is 784 g/mol. The zero-order valence-corrected chi connectivity index (χ0v) is 35.0. The molecule has 308 valence electrons. The maximum Gasteiger partial charge on any atom is 0.333 e. The number of rotatable bonds is 13. The summed E-state index contributed by atoms with van der Waals surface area (Å²) in [5.41, 5.74) is -0.594. The molecule has 3 fully saturated rings. The van der Waals surface area contributed by atoms with Gasteiger partial charge in [0.1, 0.15) is 35.0 Å². The van der Waals surface area contributed by atoms with E-state index in [0.29, 0.717) is 60.4 Å². The first-order valence-electron chi connectivity index (χ1n) is 20.6. The van der Waals surface area contributed by atoms with Crippen LogP contribution in [0.2, 0.25) is 0 Å². The summed E-state index contributed by atoms with van der Waals surface area (Å²) >= 11 is 0. The van der Waals surface area contributed by atoms with E-state index in [9.17, 15) is 19.8 Å². The molecule has 1 aromatic rings. The molecule has 0 amide bonds. The van der Waals surface area contributed by atoms with E-state index in [1.54, 1.807) is 19.1 Å². The third-order valence-electron chi connectivity index (χ3n) is 13.0. The van der Waals surface area contributed by atoms with Crippen molar-refractivity contribution in [3.05, 3.63) is 69.4 Å². The van der Waals surface area contributed by atoms with Crippen LogP contribution in [0.4, 0.5) is 0 Å². The Morgan fingerprint density at radius 2 is 1.63 bits per heavy atom. The van der Waals surface area contributed by atoms with Crippen LogP contribution in [0.15, 0.2) is 52.7 Å². The number of aromatic hydroxyl groups is 1. The van der Waals surface area contributed by atoms with E-state index in [1.165, 1.54) is 5.57 Å². The summed E-state index contributed by atoms with van der Waals surface area (Å²) in [7, 11) is 0. The zero-order chi connectivity index (χ0) is 41.1. The Morgan fingerprint density at radius 1 is 0.947 bits per heavy atom. The van der Waals surface area contributed by atoms with Crippen molar-refractivity contribution in [2.45, 2.75) is 110 Å². The van der Waals surface area contributed by atoms with Crippen LogP contribution in [-0.4, -0.2) is 112 Å². The average Bonchev–Trinajstić information content (AvgIpc) is 3.31. The van der Waals surface area contributed by atoms with Crippen molar-refractivity contribution < 1.29 is 43.5 Å². The number of piperazine rings is 1. The second kappa shape index (κ2) is 15.3. The lowest BCUT2D eigenvalue weighted by molar-refractivity contribution is -0.171. The molecule has 4 bridgehead atoms. The Morgan fingerprint density at radius 3 is 2.30 bits per heavy atom. The molecule has 2 N–H and O–H groups in total. The predicted octanol–water partition coefficient (Wildman–Crippen LogP) is 6.31. The number of hydrogen-bond acceptors (Lipinski definition) is 11. The van der Waals surface area contributed by atoms with Crippen molar-refractivity contribution in [3.8, 4) is 17.2 Å². The molecule has 8 rings (SSSR count). The highest BCUT2D eigenvalue weighted by Gasteiger charge is 2.81. The molecule has 5 atom stereocenters. The number of esters is 1. The van der Waals surface area contributed by atoms with Crippen molar-refractivity contribution in [2.24, 2.45) is 11.8 Å². The van der Waals surface area contributed by atoms with Crippen LogP contribution in [0.1, 0.15) is 103 Å². The minimum absolute atomic E-state index is 0.00212. The highest BCUT2D eigenvalue weighted by Crippen LogP contribution is 2.68. The molecule has 4 heterocycles. The molecule has 1 saturated carbocycles. The topological polar surface area (TPSA) is 135 Å². The average molecular weight is 785 g/mol. The number of phenols is 1. The third kappa shape index (κ3) is 7.02. The maximum atomic E-state index is 15.0. The lowest BCUT2D eigenvalue weighted by atomic mass is 9.51. The van der Waals surface area contributed by atoms with Gasteiger partial charge in [-0.25, -0.2) is 4.79 Å². The normalized spacial score (nSPS) is 29.8. The van der Waals surface area contributed by atoms with Crippen LogP contribution in [0.3, 0.4) is 0 Å². The molecule has 1 spiro atoms. The first kappa shape index (κ1) is 41.1. The van der Waals surface area contributed by atoms with Crippen LogP contribution >= 0.6 is 0 Å². The SMILES string of the molecule is CC(C)=CCCC1(C)C=Cc2c(O)c3c(c(CC=C(C)C)c2O1)OC12C(=CC4CC1C(C)(C)OC2(C/C=C(/C)C(=O)OCCN1CCN(CCO)CC1)C4=O)C3=O. The van der Waals surface area contributed by atoms with Crippen LogP contribution in [0.5, 0.6) is 17.2 Å². The van der Waals surface area contributed by atoms with Gasteiger partial charge in [0, 0.05) is 74.2 Å². The molecule has 7 aliphatic rings. The molecule has 11 heteroatoms. The number of nitrogens with zero attached hydrogens (tertiary/aromatic N) is 2. The molecule has 2 saturated heterocycles. The number of fused-ring (bicyclic) bond motifs is 2. The number of phenolic OH excluding ortho intramolecular Hbond substituents is 1. The van der Waals surface area contributed by atoms with Gasteiger partial charge in [0.15, 0.2) is 22.8 Å². The summed E-state index contributed by atoms with van der Waals surface area (Å²) in [5, 5.41) is 21.2. The van der Waals surface area contributed by atoms with E-state index in [0.717, 1.165) is 38.2 Å². The zero-order valence-electron chi connectivity index (χ0n) is 35.0. The van der Waals surface area contributed by atoms with E-state index in [2.05, 4.69) is 35.8 Å². The summed E-state index contributed by atoms with van der Waals surface area (Å²) in [6.07, 6.45) is 13.8. The Kier molecular flexibility index (Phi) is 11.0. The lowest BCUT2D eigenvalue weighted by Crippen LogP contribution is -2.72. The molecule has 11 nitrogen and oxygen atoms in total. The summed E-state index contributed by atoms with van der Waals surface area (Å²) < 4.78 is 26.7. The highest BCUT2D eigenvalue weighted by molar-refractivity contribution is 6.19. The lowest BCUT2D eigenvalue weighted by Gasteiger charge is -2.56. The van der Waals surface area contributed by atoms with Crippen molar-refractivity contribution in [2.75, 3.05) is 52.5 Å². The predicted molar refractivity (Wildman–Crippen MR) is 218 cm³/mol. The van der Waals surface area contributed by atoms with Crippen molar-refractivity contribution in [3.63, 3.8) is 0 Å². The molecule has 3 aliphatic carbocycles. The second-order valence-electron chi connectivity index (χ2n) is 18.0. The molecule has 0 aromatic heterocycles. The number of ketones is 2. The van der Waals surface area contributed by atoms with E-state index in [4.69, 9.17) is 18.9 Å². The second-order valence-corrected chi connectivity index (χ2v) is 18.0. The Hall–Kier alpha value is -4.03. The Labute approximate surface area is 337 Å². The largest absolute Gasteiger partial charge is 0.506 e. The standard InChI is InChI=1S/C46H60N2O9/c1-28(2)10-9-15-44(8)16-14-32-37(50)36-38(51)34-26-31-27-35-43(6,7)57-45(41(31)52,46(34,35)56-40(36)33(39(32)55-44)12-11-29(3)4)17-13-30(5)42(53)54-25-23-48-20-18-47(19-21-48)22-24-49/h10-11,13-14,16,26,31,35,49-50H,9,12,15,17-25,27H2,1-8H3/b30-13-. The number of benzene rings is 1. The van der Waals surface area contributed by atoms with Gasteiger partial charge in [-0.2, -0.15) is 0 Å². The van der Waals surface area contributed by atoms with E-state index in [1.807, 2.05) is 46.8 Å². The van der Waals surface area contributed by atoms with Gasteiger partial charge in [0.25, 0.3) is 0 Å². The number of aliphatic hydroxyl groups excluding tert-OH is 1. The van der Waals surface area contributed by atoms with Crippen molar-refractivity contribution >= 4 is 23.6 Å². The molecule has 0 radical (unpaired) electrons. The Bertz CT molecular complexity index is 1990. The fraction of sp³-hybridized carbons (Fsp3) is 0.587. The number of aliphatic hydroxyl groups is 1. The minimum atomic E-state index is -1.61. The first-order chi connectivity index (χ1) is 27.0. The van der Waals surface area contributed by atoms with Crippen LogP contribution in [0, 0.1) is 11.8 Å². The fourth-order valence-electron chi connectivity index (χ4n) is 9.93. The number of carbonyl (C=O) groups excluding carboxylic acids is 3. The first-order valence-corrected chi connectivity index (χ1v) is 20.6. The van der Waals surface area contributed by atoms with Crippen LogP contribution in [0.25, 0.3) is 6.08 Å². The molecule has 5 unspecified atom stereocenters. The summed E-state index contributed by atoms with van der Waals surface area (Å²) in [6.45, 7) is 20.7. The van der Waals surface area contributed by atoms with Crippen LogP contribution in [-0.2, 0) is 25.5 Å². The molecular weight excluding hydrogens is 725 g/mol. The number of allylic oxidation sites excluding steroid dienone is 5. The van der Waals surface area contributed by atoms with E-state index in [-0.39, 0.29) is 54.2 Å². The summed E-state index contributed by atoms with van der Waals surface area (Å²) in [5.74, 6) is -1.54. The summed E-state index contributed by atoms with van der Waals surface area (Å²) in [4.78, 5) is 47.5. The van der Waals surface area contributed by atoms with Gasteiger partial charge < -0.3 is 29.2 Å². The fourth-order valence-corrected chi connectivity index (χ4v) is 9.93. The molecule has 4 aliphatic heterocycles. The quantitative estimate of drug-likeness (QED) is 0.133. The number of β-amino-alcohol motifs (C(OH)–C–C–N with tert-alkyl or cyclic N) is 1. The van der Waals surface area contributed by atoms with Gasteiger partial charge in [-0.15, -0.1) is 0 Å². The molecule has 1 aromatic carbocycles.